The Kier molecular flexibility index (Phi) is 34.8. The number of nitrogens with zero attached hydrogens (tertiary/aromatic N) is 2. The summed E-state index contributed by atoms with van der Waals surface area (Å²) in [7, 11) is 1.17. The van der Waals surface area contributed by atoms with Crippen molar-refractivity contribution in [2.24, 2.45) is 17.6 Å². The number of imidazole rings is 1. The number of unbranched alkanes of at least 4 members (excludes halogenated alkanes) is 5. The first kappa shape index (κ1) is 80.2. The number of hydrogen-bond donors (Lipinski definition) is 11. The lowest BCUT2D eigenvalue weighted by atomic mass is 9.83. The van der Waals surface area contributed by atoms with Gasteiger partial charge in [-0.3, -0.25) is 24.0 Å². The molecule has 29 heteroatoms. The number of carboxylic acid groups (broad SMARTS) is 1. The van der Waals surface area contributed by atoms with Crippen LogP contribution in [0.25, 0.3) is 0 Å². The number of aliphatic carboxylic acids is 1. The Bertz CT molecular complexity index is 2460. The molecule has 89 heavy (non-hydrogen) atoms. The number of rotatable bonds is 39. The summed E-state index contributed by atoms with van der Waals surface area (Å²) in [4.78, 5) is 151. The Morgan fingerprint density at radius 1 is 0.528 bits per heavy atom. The van der Waals surface area contributed by atoms with Gasteiger partial charge in [-0.1, -0.05) is 25.7 Å². The molecule has 508 valence electrons. The van der Waals surface area contributed by atoms with Crippen LogP contribution in [0.15, 0.2) is 12.5 Å². The fourth-order valence-corrected chi connectivity index (χ4v) is 8.72. The Morgan fingerprint density at radius 2 is 1.00 bits per heavy atom. The molecule has 1 aromatic heterocycles. The van der Waals surface area contributed by atoms with Gasteiger partial charge in [0.15, 0.2) is 17.7 Å². The van der Waals surface area contributed by atoms with Crippen LogP contribution in [0, 0.1) is 11.8 Å². The van der Waals surface area contributed by atoms with Crippen molar-refractivity contribution >= 4 is 65.5 Å². The average molecular weight is 1270 g/mol. The number of hydrogen-bond acceptors (Lipinski definition) is 22. The normalized spacial score (nSPS) is 15.0. The molecule has 5 amide bonds. The van der Waals surface area contributed by atoms with Crippen LogP contribution in [-0.2, 0) is 63.7 Å². The Labute approximate surface area is 521 Å². The minimum atomic E-state index is -2.50. The maximum atomic E-state index is 15.0. The molecule has 29 nitrogen and oxygen atoms in total. The summed E-state index contributed by atoms with van der Waals surface area (Å²) in [6.07, 6.45) is -9.40. The summed E-state index contributed by atoms with van der Waals surface area (Å²) >= 11 is 0. The van der Waals surface area contributed by atoms with Gasteiger partial charge in [-0.25, -0.2) is 38.3 Å². The van der Waals surface area contributed by atoms with E-state index >= 15 is 4.79 Å². The van der Waals surface area contributed by atoms with Crippen LogP contribution < -0.4 is 32.3 Å². The quantitative estimate of drug-likeness (QED) is 0.0252. The third-order valence-corrected chi connectivity index (χ3v) is 13.1. The molecule has 0 fully saturated rings. The van der Waals surface area contributed by atoms with Gasteiger partial charge >= 0.3 is 36.3 Å². The van der Waals surface area contributed by atoms with Crippen molar-refractivity contribution in [1.82, 2.24) is 36.1 Å². The van der Waals surface area contributed by atoms with E-state index in [1.807, 2.05) is 0 Å². The second kappa shape index (κ2) is 38.7. The molecule has 0 radical (unpaired) electrons. The molecule has 9 atom stereocenters. The average Bonchev–Trinajstić information content (AvgIpc) is 4.01. The molecule has 0 bridgehead atoms. The van der Waals surface area contributed by atoms with Crippen molar-refractivity contribution in [3.63, 3.8) is 0 Å². The number of methoxy groups -OCH3 is 1. The van der Waals surface area contributed by atoms with Crippen molar-refractivity contribution in [1.29, 1.82) is 0 Å². The summed E-state index contributed by atoms with van der Waals surface area (Å²) in [5, 5.41) is 62.3. The van der Waals surface area contributed by atoms with Crippen LogP contribution in [-0.4, -0.2) is 192 Å². The number of amides is 5. The monoisotopic (exact) mass is 1270 g/mol. The van der Waals surface area contributed by atoms with E-state index in [-0.39, 0.29) is 76.6 Å². The Morgan fingerprint density at radius 3 is 1.52 bits per heavy atom. The van der Waals surface area contributed by atoms with Crippen LogP contribution in [0.2, 0.25) is 0 Å². The van der Waals surface area contributed by atoms with Crippen molar-refractivity contribution in [2.45, 2.75) is 257 Å². The van der Waals surface area contributed by atoms with E-state index < -0.39 is 162 Å². The lowest BCUT2D eigenvalue weighted by molar-refractivity contribution is -0.165. The van der Waals surface area contributed by atoms with E-state index in [0.717, 1.165) is 10.9 Å². The molecule has 0 spiro atoms. The molecule has 0 saturated carbocycles. The van der Waals surface area contributed by atoms with Gasteiger partial charge in [-0.05, 0) is 147 Å². The third-order valence-electron chi connectivity index (χ3n) is 13.1. The van der Waals surface area contributed by atoms with Crippen molar-refractivity contribution < 1.29 is 102 Å². The number of alkyl carbamates (subject to hydrolysis) is 3. The SMILES string of the molecule is COC(=O)C(CCCCN)NC(=O)C(CCCCNC(=O)OC(C)(C)C)CC(=O)C(CCCCNC(=O)OC(C)(C)C)CC(=O)C(Cc1cn(C(=O)OC(C)(C)C)cn1)NC(=O)C(CCCCCC(=O)[C@H](O)[C@@H](O)[C@@H](O)[C@H](O)C(=O)O)NC(=O)OC(C)(C)C. The predicted molar refractivity (Wildman–Crippen MR) is 322 cm³/mol. The first-order chi connectivity index (χ1) is 41.2. The van der Waals surface area contributed by atoms with Gasteiger partial charge in [0.2, 0.25) is 11.8 Å². The van der Waals surface area contributed by atoms with Crippen LogP contribution in [0.1, 0.15) is 192 Å². The maximum Gasteiger partial charge on any atom is 0.419 e. The summed E-state index contributed by atoms with van der Waals surface area (Å²) in [5.41, 5.74) is 2.29. The zero-order valence-corrected chi connectivity index (χ0v) is 54.2. The lowest BCUT2D eigenvalue weighted by Crippen LogP contribution is -2.53. The molecular formula is C60H102N8O21. The first-order valence-electron chi connectivity index (χ1n) is 30.3. The van der Waals surface area contributed by atoms with Gasteiger partial charge in [-0.15, -0.1) is 0 Å². The van der Waals surface area contributed by atoms with Crippen molar-refractivity contribution in [2.75, 3.05) is 26.7 Å². The number of Topliss-reactive ketones (excluding diaryl/α,β-unsaturated/α-hetero) is 3. The first-order valence-corrected chi connectivity index (χ1v) is 30.3. The molecule has 0 aromatic carbocycles. The minimum absolute atomic E-state index is 0.0172. The summed E-state index contributed by atoms with van der Waals surface area (Å²) < 4.78 is 27.6. The van der Waals surface area contributed by atoms with Gasteiger partial charge in [0.25, 0.3) is 0 Å². The van der Waals surface area contributed by atoms with Crippen molar-refractivity contribution in [3.05, 3.63) is 18.2 Å². The molecule has 12 N–H and O–H groups in total. The number of carbonyl (C=O) groups excluding carboxylic acids is 10. The van der Waals surface area contributed by atoms with E-state index in [0.29, 0.717) is 38.6 Å². The number of ether oxygens (including phenoxy) is 5. The number of nitrogens with one attached hydrogen (secondary N) is 5. The molecular weight excluding hydrogens is 1170 g/mol. The smallest absolute Gasteiger partial charge is 0.419 e. The van der Waals surface area contributed by atoms with Gasteiger partial charge < -0.3 is 81.5 Å². The number of aliphatic hydroxyl groups excluding tert-OH is 4. The number of carboxylic acids is 1. The molecule has 1 heterocycles. The molecule has 0 aliphatic heterocycles. The van der Waals surface area contributed by atoms with Gasteiger partial charge in [-0.2, -0.15) is 0 Å². The third kappa shape index (κ3) is 34.7. The summed E-state index contributed by atoms with van der Waals surface area (Å²) in [6, 6.07) is -4.05. The zero-order valence-electron chi connectivity index (χ0n) is 54.2. The summed E-state index contributed by atoms with van der Waals surface area (Å²) in [6.45, 7) is 20.5. The number of nitrogens with two attached hydrogens (primary N) is 1. The fourth-order valence-electron chi connectivity index (χ4n) is 8.72. The topological polar surface area (TPSA) is 439 Å². The highest BCUT2D eigenvalue weighted by molar-refractivity contribution is 5.96. The highest BCUT2D eigenvalue weighted by Crippen LogP contribution is 2.25. The molecule has 1 rings (SSSR count). The Hall–Kier alpha value is -6.82. The van der Waals surface area contributed by atoms with E-state index in [2.05, 4.69) is 31.6 Å². The number of esters is 1. The zero-order chi connectivity index (χ0) is 68.0. The standard InChI is InChI=1S/C60H102N8O21/c1-57(2,3)86-53(81)62-29-21-18-23-36(43(70)32-37(24-19-22-30-63-54(82)87-58(4,5)6)49(76)65-40(52(80)85-13)26-17-20-28-61)31-44(71)41(33-38-34-68(35-64-38)56(84)89-60(10,11)12)66-50(77)39(67-55(83)88-59(7,8)9)25-15-14-16-27-42(69)45(72)46(73)47(74)48(75)51(78)79/h34-37,39-41,45-48,72-75H,14-33,61H2,1-13H3,(H,62,81)(H,63,82)(H,65,76)(H,66,77)(H,67,83)(H,78,79)/t36?,37?,39?,40?,41?,45-,46+,47+,48-/m0/s1. The highest BCUT2D eigenvalue weighted by atomic mass is 16.6. The van der Waals surface area contributed by atoms with Gasteiger partial charge in [0.1, 0.15) is 64.9 Å². The fraction of sp³-hybridized carbons (Fsp3) is 0.767. The van der Waals surface area contributed by atoms with Crippen LogP contribution in [0.5, 0.6) is 0 Å². The van der Waals surface area contributed by atoms with Crippen LogP contribution in [0.4, 0.5) is 19.2 Å². The van der Waals surface area contributed by atoms with E-state index in [4.69, 9.17) is 34.5 Å². The van der Waals surface area contributed by atoms with Crippen molar-refractivity contribution in [3.8, 4) is 0 Å². The second-order valence-corrected chi connectivity index (χ2v) is 25.9. The highest BCUT2D eigenvalue weighted by Gasteiger charge is 2.38. The molecule has 1 aromatic rings. The van der Waals surface area contributed by atoms with Gasteiger partial charge in [0.05, 0.1) is 18.8 Å². The maximum absolute atomic E-state index is 15.0. The minimum Gasteiger partial charge on any atom is -0.479 e. The van der Waals surface area contributed by atoms with E-state index in [1.54, 1.807) is 83.1 Å². The molecule has 5 unspecified atom stereocenters. The largest absolute Gasteiger partial charge is 0.479 e. The lowest BCUT2D eigenvalue weighted by Gasteiger charge is -2.26. The molecule has 0 aliphatic carbocycles. The van der Waals surface area contributed by atoms with Gasteiger partial charge in [0, 0.05) is 56.8 Å². The number of ketones is 3. The Balaban J connectivity index is 3.86. The number of aromatic nitrogens is 2. The number of carbonyl (C=O) groups is 11. The molecule has 0 aliphatic rings. The van der Waals surface area contributed by atoms with E-state index in [1.165, 1.54) is 13.3 Å². The van der Waals surface area contributed by atoms with Crippen LogP contribution in [0.3, 0.4) is 0 Å². The summed E-state index contributed by atoms with van der Waals surface area (Å²) in [5.74, 6) is -8.67. The molecule has 0 saturated heterocycles. The predicted octanol–water partition coefficient (Wildman–Crippen LogP) is 3.96. The van der Waals surface area contributed by atoms with Crippen LogP contribution >= 0.6 is 0 Å². The second-order valence-electron chi connectivity index (χ2n) is 25.9. The van der Waals surface area contributed by atoms with E-state index in [9.17, 15) is 68.4 Å². The number of aliphatic hydroxyl groups is 4.